The van der Waals surface area contributed by atoms with Crippen molar-refractivity contribution < 1.29 is 23.5 Å². The molecule has 1 aliphatic heterocycles. The van der Waals surface area contributed by atoms with Crippen molar-refractivity contribution in [2.45, 2.75) is 13.1 Å². The zero-order valence-electron chi connectivity index (χ0n) is 15.6. The van der Waals surface area contributed by atoms with Crippen LogP contribution < -0.4 is 4.90 Å². The van der Waals surface area contributed by atoms with Crippen molar-refractivity contribution in [3.05, 3.63) is 52.3 Å². The van der Waals surface area contributed by atoms with Crippen molar-refractivity contribution >= 4 is 44.2 Å². The van der Waals surface area contributed by atoms with Crippen LogP contribution in [-0.2, 0) is 11.9 Å². The number of carbonyl (C=O) groups excluding carboxylic acids is 1. The molecule has 3 aromatic rings. The number of amides is 1. The van der Waals surface area contributed by atoms with Crippen LogP contribution >= 0.6 is 15.9 Å². The predicted octanol–water partition coefficient (Wildman–Crippen LogP) is 3.48. The van der Waals surface area contributed by atoms with E-state index in [1.54, 1.807) is 24.6 Å². The summed E-state index contributed by atoms with van der Waals surface area (Å²) in [5.41, 5.74) is 0.512. The minimum atomic E-state index is -0.882. The summed E-state index contributed by atoms with van der Waals surface area (Å²) in [6.45, 7) is 1.13. The van der Waals surface area contributed by atoms with E-state index in [9.17, 15) is 9.18 Å². The molecule has 0 saturated carbocycles. The number of halogens is 3. The largest absolute Gasteiger partial charge is 0.394 e. The van der Waals surface area contributed by atoms with Crippen LogP contribution in [0.25, 0.3) is 11.0 Å². The number of anilines is 2. The third-order valence-corrected chi connectivity index (χ3v) is 5.30. The Kier molecular flexibility index (Phi) is 5.01. The number of fused-ring (bicyclic) bond motifs is 2. The van der Waals surface area contributed by atoms with E-state index in [2.05, 4.69) is 20.9 Å². The molecule has 0 radical (unpaired) electrons. The molecule has 1 aromatic heterocycles. The molecule has 2 aromatic carbocycles. The zero-order chi connectivity index (χ0) is 20.9. The van der Waals surface area contributed by atoms with Crippen molar-refractivity contribution in [2.75, 3.05) is 18.1 Å². The van der Waals surface area contributed by atoms with E-state index >= 15 is 4.39 Å². The molecule has 0 spiro atoms. The molecule has 1 unspecified atom stereocenters. The van der Waals surface area contributed by atoms with Gasteiger partial charge in [0.1, 0.15) is 17.5 Å². The van der Waals surface area contributed by atoms with Crippen molar-refractivity contribution in [1.82, 2.24) is 14.6 Å². The Morgan fingerprint density at radius 1 is 1.31 bits per heavy atom. The monoisotopic (exact) mass is 466 g/mol. The molecule has 1 N–H and O–H groups in total. The lowest BCUT2D eigenvalue weighted by molar-refractivity contribution is -0.152. The van der Waals surface area contributed by atoms with Gasteiger partial charge >= 0.3 is 0 Å². The van der Waals surface area contributed by atoms with Gasteiger partial charge in [-0.25, -0.2) is 13.8 Å². The molecule has 2 heterocycles. The lowest BCUT2D eigenvalue weighted by Crippen LogP contribution is -2.52. The fraction of sp³-hybridized carbons (Fsp3) is 0.263. The van der Waals surface area contributed by atoms with E-state index in [-0.39, 0.29) is 35.7 Å². The number of aryl methyl sites for hydroxylation is 1. The highest BCUT2D eigenvalue weighted by molar-refractivity contribution is 9.10. The van der Waals surface area contributed by atoms with Crippen molar-refractivity contribution in [1.29, 1.82) is 0 Å². The van der Waals surface area contributed by atoms with E-state index in [1.807, 2.05) is 0 Å². The number of aliphatic hydroxyl groups excluding tert-OH is 1. The third kappa shape index (κ3) is 3.07. The van der Waals surface area contributed by atoms with Crippen LogP contribution in [0.1, 0.15) is 17.3 Å². The standard InChI is InChI=1S/C19H17BrF2N4O3/c1-10-25(14-4-3-11(20)7-13(14)21)18-12(19(28)26(10)29-6-5-27)8-15-17(16(18)22)23-9-24(15)2/h3-4,7-10,27H,5-6H2,1-2H3. The highest BCUT2D eigenvalue weighted by atomic mass is 79.9. The normalized spacial score (nSPS) is 16.6. The van der Waals surface area contributed by atoms with E-state index in [0.29, 0.717) is 9.99 Å². The molecule has 1 aliphatic rings. The fourth-order valence-corrected chi connectivity index (χ4v) is 3.83. The van der Waals surface area contributed by atoms with Crippen LogP contribution in [0, 0.1) is 11.6 Å². The predicted molar refractivity (Wildman–Crippen MR) is 106 cm³/mol. The van der Waals surface area contributed by atoms with E-state index in [4.69, 9.17) is 9.94 Å². The topological polar surface area (TPSA) is 70.8 Å². The lowest BCUT2D eigenvalue weighted by Gasteiger charge is -2.42. The highest BCUT2D eigenvalue weighted by Crippen LogP contribution is 2.42. The highest BCUT2D eigenvalue weighted by Gasteiger charge is 2.41. The van der Waals surface area contributed by atoms with Crippen LogP contribution in [0.4, 0.5) is 20.2 Å². The maximum atomic E-state index is 15.5. The van der Waals surface area contributed by atoms with Crippen LogP contribution in [0.2, 0.25) is 0 Å². The molecule has 0 aliphatic carbocycles. The Hall–Kier alpha value is -2.56. The van der Waals surface area contributed by atoms with E-state index in [1.165, 1.54) is 29.4 Å². The Bertz CT molecular complexity index is 1120. The first-order chi connectivity index (χ1) is 13.8. The zero-order valence-corrected chi connectivity index (χ0v) is 17.2. The summed E-state index contributed by atoms with van der Waals surface area (Å²) in [7, 11) is 1.68. The van der Waals surface area contributed by atoms with Gasteiger partial charge in [-0.15, -0.1) is 0 Å². The van der Waals surface area contributed by atoms with Gasteiger partial charge in [0.25, 0.3) is 5.91 Å². The first kappa shape index (κ1) is 19.7. The van der Waals surface area contributed by atoms with Crippen LogP contribution in [0.5, 0.6) is 0 Å². The number of hydrogen-bond donors (Lipinski definition) is 1. The van der Waals surface area contributed by atoms with Gasteiger partial charge in [0.2, 0.25) is 0 Å². The van der Waals surface area contributed by atoms with Gasteiger partial charge in [0.15, 0.2) is 5.82 Å². The minimum absolute atomic E-state index is 0.0111. The molecule has 7 nitrogen and oxygen atoms in total. The molecule has 10 heteroatoms. The van der Waals surface area contributed by atoms with Crippen molar-refractivity contribution in [2.24, 2.45) is 7.05 Å². The Balaban J connectivity index is 2.00. The van der Waals surface area contributed by atoms with Gasteiger partial charge in [-0.05, 0) is 31.2 Å². The second-order valence-corrected chi connectivity index (χ2v) is 7.51. The quantitative estimate of drug-likeness (QED) is 0.637. The third-order valence-electron chi connectivity index (χ3n) is 4.81. The Labute approximate surface area is 173 Å². The molecule has 1 atom stereocenters. The second-order valence-electron chi connectivity index (χ2n) is 6.60. The fourth-order valence-electron chi connectivity index (χ4n) is 3.50. The summed E-state index contributed by atoms with van der Waals surface area (Å²) in [5.74, 6) is -1.91. The number of hydrogen-bond acceptors (Lipinski definition) is 5. The van der Waals surface area contributed by atoms with Crippen molar-refractivity contribution in [3.8, 4) is 0 Å². The molecule has 29 heavy (non-hydrogen) atoms. The smallest absolute Gasteiger partial charge is 0.281 e. The number of nitrogens with zero attached hydrogens (tertiary/aromatic N) is 4. The number of carbonyl (C=O) groups is 1. The SMILES string of the molecule is CC1N(OCCO)C(=O)c2cc3c(ncn3C)c(F)c2N1c1ccc(Br)cc1F. The molecule has 0 saturated heterocycles. The maximum absolute atomic E-state index is 15.5. The van der Waals surface area contributed by atoms with E-state index < -0.39 is 23.7 Å². The van der Waals surface area contributed by atoms with Gasteiger partial charge in [-0.1, -0.05) is 15.9 Å². The first-order valence-corrected chi connectivity index (χ1v) is 9.59. The first-order valence-electron chi connectivity index (χ1n) is 8.80. The van der Waals surface area contributed by atoms with Gasteiger partial charge < -0.3 is 14.6 Å². The number of aromatic nitrogens is 2. The average Bonchev–Trinajstić information content (AvgIpc) is 3.05. The number of rotatable bonds is 4. The molecule has 4 rings (SSSR count). The van der Waals surface area contributed by atoms with Gasteiger partial charge in [0, 0.05) is 11.5 Å². The number of imidazole rings is 1. The number of benzene rings is 2. The second kappa shape index (κ2) is 7.36. The summed E-state index contributed by atoms with van der Waals surface area (Å²) < 4.78 is 32.5. The molecule has 0 fully saturated rings. The summed E-state index contributed by atoms with van der Waals surface area (Å²) in [6.07, 6.45) is 0.561. The number of hydroxylamine groups is 2. The van der Waals surface area contributed by atoms with Crippen LogP contribution in [-0.4, -0.2) is 45.0 Å². The Morgan fingerprint density at radius 3 is 2.76 bits per heavy atom. The molecule has 152 valence electrons. The summed E-state index contributed by atoms with van der Waals surface area (Å²) in [5, 5.41) is 10.1. The van der Waals surface area contributed by atoms with Gasteiger partial charge in [0.05, 0.1) is 42.0 Å². The van der Waals surface area contributed by atoms with Crippen molar-refractivity contribution in [3.63, 3.8) is 0 Å². The summed E-state index contributed by atoms with van der Waals surface area (Å²) in [6, 6.07) is 5.88. The minimum Gasteiger partial charge on any atom is -0.394 e. The van der Waals surface area contributed by atoms with E-state index in [0.717, 1.165) is 5.06 Å². The Morgan fingerprint density at radius 2 is 2.07 bits per heavy atom. The lowest BCUT2D eigenvalue weighted by atomic mass is 10.0. The summed E-state index contributed by atoms with van der Waals surface area (Å²) in [4.78, 5) is 23.9. The maximum Gasteiger partial charge on any atom is 0.281 e. The van der Waals surface area contributed by atoms with Gasteiger partial charge in [-0.2, -0.15) is 5.06 Å². The number of aliphatic hydroxyl groups is 1. The molecule has 0 bridgehead atoms. The molecular weight excluding hydrogens is 450 g/mol. The molecular formula is C19H17BrF2N4O3. The molecule has 1 amide bonds. The summed E-state index contributed by atoms with van der Waals surface area (Å²) >= 11 is 3.21. The van der Waals surface area contributed by atoms with Crippen LogP contribution in [0.3, 0.4) is 0 Å². The van der Waals surface area contributed by atoms with Crippen LogP contribution in [0.15, 0.2) is 35.1 Å². The van der Waals surface area contributed by atoms with Gasteiger partial charge in [-0.3, -0.25) is 9.63 Å². The average molecular weight is 467 g/mol.